The molecule has 0 unspecified atom stereocenters. The molecule has 172 valence electrons. The Bertz CT molecular complexity index is 1310. The second-order valence-electron chi connectivity index (χ2n) is 8.63. The average Bonchev–Trinajstić information content (AvgIpc) is 3.00. The summed E-state index contributed by atoms with van der Waals surface area (Å²) >= 11 is 0. The minimum atomic E-state index is -0.369. The van der Waals surface area contributed by atoms with Gasteiger partial charge in [0, 0.05) is 18.3 Å². The molecular formula is C28H27N3O3. The number of nitrogens with zero attached hydrogens (tertiary/aromatic N) is 1. The van der Waals surface area contributed by atoms with Crippen LogP contribution in [0.3, 0.4) is 0 Å². The van der Waals surface area contributed by atoms with E-state index >= 15 is 0 Å². The molecule has 0 atom stereocenters. The summed E-state index contributed by atoms with van der Waals surface area (Å²) in [5, 5.41) is 5.89. The lowest BCUT2D eigenvalue weighted by molar-refractivity contribution is -0.137. The lowest BCUT2D eigenvalue weighted by Gasteiger charge is -2.16. The number of imide groups is 1. The van der Waals surface area contributed by atoms with Crippen LogP contribution in [0.15, 0.2) is 72.4 Å². The fraction of sp³-hybridized carbons (Fsp3) is 0.179. The Balaban J connectivity index is 1.72. The van der Waals surface area contributed by atoms with E-state index in [4.69, 9.17) is 0 Å². The molecule has 0 spiro atoms. The van der Waals surface area contributed by atoms with Crippen LogP contribution in [0.25, 0.3) is 5.57 Å². The van der Waals surface area contributed by atoms with Crippen molar-refractivity contribution in [3.05, 3.63) is 100 Å². The van der Waals surface area contributed by atoms with Crippen LogP contribution in [0.4, 0.5) is 11.4 Å². The second-order valence-corrected chi connectivity index (χ2v) is 8.63. The lowest BCUT2D eigenvalue weighted by atomic mass is 9.97. The van der Waals surface area contributed by atoms with Crippen molar-refractivity contribution in [1.29, 1.82) is 0 Å². The number of carbonyl (C=O) groups is 3. The van der Waals surface area contributed by atoms with E-state index in [1.54, 1.807) is 24.3 Å². The summed E-state index contributed by atoms with van der Waals surface area (Å²) < 4.78 is 0. The molecule has 3 amide bonds. The van der Waals surface area contributed by atoms with Gasteiger partial charge in [-0.1, -0.05) is 53.6 Å². The van der Waals surface area contributed by atoms with Crippen molar-refractivity contribution in [2.24, 2.45) is 0 Å². The molecule has 0 aliphatic carbocycles. The first-order valence-corrected chi connectivity index (χ1v) is 11.1. The molecule has 0 aromatic heterocycles. The molecule has 0 fully saturated rings. The van der Waals surface area contributed by atoms with Crippen molar-refractivity contribution in [3.63, 3.8) is 0 Å². The standard InChI is InChI=1S/C28H27N3O3/c1-17-5-8-21(9-6-17)16-31-27(33)25(24-14-7-18(2)15-19(24)3)26(28(31)34)30-23-12-10-22(11-13-23)29-20(4)32/h5-15,30H,16H2,1-4H3,(H,29,32). The van der Waals surface area contributed by atoms with Gasteiger partial charge in [0.2, 0.25) is 5.91 Å². The maximum atomic E-state index is 13.6. The summed E-state index contributed by atoms with van der Waals surface area (Å²) in [7, 11) is 0. The van der Waals surface area contributed by atoms with Gasteiger partial charge in [-0.2, -0.15) is 0 Å². The maximum Gasteiger partial charge on any atom is 0.278 e. The van der Waals surface area contributed by atoms with E-state index in [2.05, 4.69) is 10.6 Å². The summed E-state index contributed by atoms with van der Waals surface area (Å²) in [6.45, 7) is 7.56. The summed E-state index contributed by atoms with van der Waals surface area (Å²) in [6.07, 6.45) is 0. The van der Waals surface area contributed by atoms with Gasteiger partial charge in [-0.3, -0.25) is 19.3 Å². The quantitative estimate of drug-likeness (QED) is 0.517. The molecule has 1 heterocycles. The predicted octanol–water partition coefficient (Wildman–Crippen LogP) is 4.96. The number of rotatable bonds is 6. The minimum absolute atomic E-state index is 0.163. The summed E-state index contributed by atoms with van der Waals surface area (Å²) in [5.74, 6) is -0.856. The smallest absolute Gasteiger partial charge is 0.278 e. The normalized spacial score (nSPS) is 13.5. The zero-order chi connectivity index (χ0) is 24.4. The Morgan fingerprint density at radius 1 is 0.794 bits per heavy atom. The summed E-state index contributed by atoms with van der Waals surface area (Å²) in [6, 6.07) is 20.6. The van der Waals surface area contributed by atoms with Crippen molar-refractivity contribution >= 4 is 34.7 Å². The second kappa shape index (κ2) is 9.35. The highest BCUT2D eigenvalue weighted by molar-refractivity contribution is 6.36. The fourth-order valence-electron chi connectivity index (χ4n) is 4.04. The van der Waals surface area contributed by atoms with E-state index < -0.39 is 0 Å². The van der Waals surface area contributed by atoms with Crippen molar-refractivity contribution < 1.29 is 14.4 Å². The highest BCUT2D eigenvalue weighted by atomic mass is 16.2. The molecule has 34 heavy (non-hydrogen) atoms. The van der Waals surface area contributed by atoms with E-state index in [-0.39, 0.29) is 30.0 Å². The van der Waals surface area contributed by atoms with E-state index in [0.717, 1.165) is 27.8 Å². The first-order chi connectivity index (χ1) is 16.2. The van der Waals surface area contributed by atoms with Crippen LogP contribution >= 0.6 is 0 Å². The Hall–Kier alpha value is -4.19. The van der Waals surface area contributed by atoms with Crippen LogP contribution in [0, 0.1) is 20.8 Å². The molecule has 0 saturated carbocycles. The van der Waals surface area contributed by atoms with Gasteiger partial charge < -0.3 is 10.6 Å². The van der Waals surface area contributed by atoms with Gasteiger partial charge in [0.1, 0.15) is 5.70 Å². The molecule has 0 radical (unpaired) electrons. The molecule has 1 aliphatic heterocycles. The van der Waals surface area contributed by atoms with Gasteiger partial charge >= 0.3 is 0 Å². The zero-order valence-electron chi connectivity index (χ0n) is 19.7. The average molecular weight is 454 g/mol. The Morgan fingerprint density at radius 2 is 1.41 bits per heavy atom. The highest BCUT2D eigenvalue weighted by Crippen LogP contribution is 2.33. The molecule has 4 rings (SSSR count). The monoisotopic (exact) mass is 453 g/mol. The van der Waals surface area contributed by atoms with Gasteiger partial charge in [0.15, 0.2) is 0 Å². The third-order valence-electron chi connectivity index (χ3n) is 5.76. The van der Waals surface area contributed by atoms with Crippen LogP contribution in [-0.2, 0) is 20.9 Å². The third kappa shape index (κ3) is 4.76. The number of aryl methyl sites for hydroxylation is 3. The molecule has 1 aliphatic rings. The number of amides is 3. The number of benzene rings is 3. The third-order valence-corrected chi connectivity index (χ3v) is 5.76. The number of anilines is 2. The molecular weight excluding hydrogens is 426 g/mol. The Labute approximate surface area is 199 Å². The van der Waals surface area contributed by atoms with Crippen LogP contribution in [-0.4, -0.2) is 22.6 Å². The summed E-state index contributed by atoms with van der Waals surface area (Å²) in [4.78, 5) is 39.6. The highest BCUT2D eigenvalue weighted by Gasteiger charge is 2.39. The van der Waals surface area contributed by atoms with Gasteiger partial charge in [0.05, 0.1) is 12.1 Å². The number of hydrogen-bond donors (Lipinski definition) is 2. The molecule has 6 heteroatoms. The Morgan fingerprint density at radius 3 is 2.03 bits per heavy atom. The van der Waals surface area contributed by atoms with Crippen molar-refractivity contribution in [1.82, 2.24) is 4.90 Å². The zero-order valence-corrected chi connectivity index (χ0v) is 19.7. The number of hydrogen-bond acceptors (Lipinski definition) is 4. The van der Waals surface area contributed by atoms with Crippen LogP contribution in [0.2, 0.25) is 0 Å². The van der Waals surface area contributed by atoms with Crippen LogP contribution < -0.4 is 10.6 Å². The first-order valence-electron chi connectivity index (χ1n) is 11.1. The molecule has 3 aromatic carbocycles. The van der Waals surface area contributed by atoms with E-state index in [1.807, 2.05) is 63.2 Å². The van der Waals surface area contributed by atoms with Crippen LogP contribution in [0.1, 0.15) is 34.7 Å². The minimum Gasteiger partial charge on any atom is -0.350 e. The molecule has 0 saturated heterocycles. The van der Waals surface area contributed by atoms with Crippen molar-refractivity contribution in [2.45, 2.75) is 34.2 Å². The van der Waals surface area contributed by atoms with E-state index in [9.17, 15) is 14.4 Å². The SMILES string of the molecule is CC(=O)Nc1ccc(NC2=C(c3ccc(C)cc3C)C(=O)N(Cc3ccc(C)cc3)C2=O)cc1. The summed E-state index contributed by atoms with van der Waals surface area (Å²) in [5.41, 5.74) is 6.63. The lowest BCUT2D eigenvalue weighted by Crippen LogP contribution is -2.32. The molecule has 2 N–H and O–H groups in total. The topological polar surface area (TPSA) is 78.5 Å². The van der Waals surface area contributed by atoms with Gasteiger partial charge in [-0.25, -0.2) is 0 Å². The van der Waals surface area contributed by atoms with Crippen LogP contribution in [0.5, 0.6) is 0 Å². The molecule has 0 bridgehead atoms. The molecule has 6 nitrogen and oxygen atoms in total. The van der Waals surface area contributed by atoms with Crippen molar-refractivity contribution in [2.75, 3.05) is 10.6 Å². The van der Waals surface area contributed by atoms with E-state index in [0.29, 0.717) is 16.9 Å². The number of nitrogens with one attached hydrogen (secondary N) is 2. The first kappa shape index (κ1) is 23.0. The largest absolute Gasteiger partial charge is 0.350 e. The van der Waals surface area contributed by atoms with Gasteiger partial charge in [-0.15, -0.1) is 0 Å². The molecule has 3 aromatic rings. The Kier molecular flexibility index (Phi) is 6.32. The van der Waals surface area contributed by atoms with Gasteiger partial charge in [-0.05, 0) is 61.7 Å². The number of carbonyl (C=O) groups excluding carboxylic acids is 3. The fourth-order valence-corrected chi connectivity index (χ4v) is 4.04. The predicted molar refractivity (Wildman–Crippen MR) is 134 cm³/mol. The maximum absolute atomic E-state index is 13.6. The van der Waals surface area contributed by atoms with Crippen molar-refractivity contribution in [3.8, 4) is 0 Å². The van der Waals surface area contributed by atoms with E-state index in [1.165, 1.54) is 11.8 Å². The van der Waals surface area contributed by atoms with Gasteiger partial charge in [0.25, 0.3) is 11.8 Å².